The first kappa shape index (κ1) is 9.67. The van der Waals surface area contributed by atoms with E-state index >= 15 is 0 Å². The molecule has 1 aromatic carbocycles. The molecule has 76 valence electrons. The van der Waals surface area contributed by atoms with Crippen LogP contribution in [0.2, 0.25) is 0 Å². The first-order valence-electron chi connectivity index (χ1n) is 4.33. The van der Waals surface area contributed by atoms with E-state index in [4.69, 9.17) is 22.4 Å². The minimum atomic E-state index is 0.217. The van der Waals surface area contributed by atoms with Gasteiger partial charge in [-0.15, -0.1) is 0 Å². The smallest absolute Gasteiger partial charge is 0.227 e. The molecule has 0 atom stereocenters. The van der Waals surface area contributed by atoms with Crippen LogP contribution in [-0.2, 0) is 0 Å². The normalized spacial score (nSPS) is 9.87. The van der Waals surface area contributed by atoms with Crippen LogP contribution in [0.4, 0.5) is 5.69 Å². The molecule has 0 aliphatic rings. The molecule has 3 N–H and O–H groups in total. The van der Waals surface area contributed by atoms with Crippen LogP contribution >= 0.6 is 12.2 Å². The maximum atomic E-state index is 5.42. The lowest BCUT2D eigenvalue weighted by molar-refractivity contribution is 0.575. The molecule has 0 amide bonds. The number of benzene rings is 1. The molecule has 0 bridgehead atoms. The molecule has 2 rings (SSSR count). The highest BCUT2D eigenvalue weighted by Crippen LogP contribution is 2.25. The van der Waals surface area contributed by atoms with Gasteiger partial charge in [-0.25, -0.2) is 4.98 Å². The van der Waals surface area contributed by atoms with Gasteiger partial charge in [0.15, 0.2) is 5.11 Å². The van der Waals surface area contributed by atoms with Gasteiger partial charge in [0.25, 0.3) is 0 Å². The molecule has 0 radical (unpaired) electrons. The van der Waals surface area contributed by atoms with Crippen molar-refractivity contribution in [1.29, 1.82) is 0 Å². The minimum Gasteiger partial charge on any atom is -0.444 e. The van der Waals surface area contributed by atoms with E-state index in [0.717, 1.165) is 11.3 Å². The molecule has 0 saturated carbocycles. The van der Waals surface area contributed by atoms with Crippen LogP contribution in [0, 0.1) is 0 Å². The number of aromatic nitrogens is 1. The van der Waals surface area contributed by atoms with Crippen molar-refractivity contribution in [2.24, 2.45) is 5.73 Å². The Labute approximate surface area is 92.1 Å². The third kappa shape index (κ3) is 2.13. The quantitative estimate of drug-likeness (QED) is 0.756. The van der Waals surface area contributed by atoms with Gasteiger partial charge in [0.1, 0.15) is 6.26 Å². The summed E-state index contributed by atoms with van der Waals surface area (Å²) in [5.41, 5.74) is 7.03. The van der Waals surface area contributed by atoms with Crippen LogP contribution in [0.1, 0.15) is 0 Å². The van der Waals surface area contributed by atoms with Crippen molar-refractivity contribution in [2.45, 2.75) is 0 Å². The molecule has 0 aliphatic carbocycles. The summed E-state index contributed by atoms with van der Waals surface area (Å²) in [5, 5.41) is 3.09. The van der Waals surface area contributed by atoms with Gasteiger partial charge in [-0.05, 0) is 24.4 Å². The lowest BCUT2D eigenvalue weighted by atomic mass is 10.2. The summed E-state index contributed by atoms with van der Waals surface area (Å²) in [5.74, 6) is 0.536. The second kappa shape index (κ2) is 4.10. The maximum absolute atomic E-state index is 5.42. The summed E-state index contributed by atoms with van der Waals surface area (Å²) < 4.78 is 5.21. The van der Waals surface area contributed by atoms with Crippen LogP contribution in [0.25, 0.3) is 11.5 Å². The van der Waals surface area contributed by atoms with E-state index in [2.05, 4.69) is 10.3 Å². The Balaban J connectivity index is 2.42. The third-order valence-electron chi connectivity index (χ3n) is 1.85. The Morgan fingerprint density at radius 2 is 2.20 bits per heavy atom. The highest BCUT2D eigenvalue weighted by atomic mass is 32.1. The fraction of sp³-hybridized carbons (Fsp3) is 0. The lowest BCUT2D eigenvalue weighted by Crippen LogP contribution is -2.19. The van der Waals surface area contributed by atoms with E-state index in [1.165, 1.54) is 6.26 Å². The average molecular weight is 219 g/mol. The molecule has 0 spiro atoms. The number of nitrogens with zero attached hydrogens (tertiary/aromatic N) is 1. The number of para-hydroxylation sites is 1. The number of thiocarbonyl (C=S) groups is 1. The van der Waals surface area contributed by atoms with E-state index in [0.29, 0.717) is 5.89 Å². The van der Waals surface area contributed by atoms with Crippen molar-refractivity contribution in [3.8, 4) is 11.5 Å². The summed E-state index contributed by atoms with van der Waals surface area (Å²) in [4.78, 5) is 4.06. The molecule has 1 aromatic heterocycles. The summed E-state index contributed by atoms with van der Waals surface area (Å²) >= 11 is 4.78. The molecule has 0 fully saturated rings. The van der Waals surface area contributed by atoms with Crippen molar-refractivity contribution in [3.05, 3.63) is 36.7 Å². The van der Waals surface area contributed by atoms with Crippen molar-refractivity contribution >= 4 is 23.0 Å². The van der Waals surface area contributed by atoms with Crippen molar-refractivity contribution in [2.75, 3.05) is 5.32 Å². The van der Waals surface area contributed by atoms with Crippen molar-refractivity contribution in [1.82, 2.24) is 4.98 Å². The largest absolute Gasteiger partial charge is 0.444 e. The Hall–Kier alpha value is -1.88. The number of oxazole rings is 1. The Kier molecular flexibility index (Phi) is 2.64. The Bertz CT molecular complexity index is 467. The average Bonchev–Trinajstić information content (AvgIpc) is 2.70. The van der Waals surface area contributed by atoms with Gasteiger partial charge in [-0.2, -0.15) is 0 Å². The first-order chi connectivity index (χ1) is 7.27. The first-order valence-corrected chi connectivity index (χ1v) is 4.73. The summed E-state index contributed by atoms with van der Waals surface area (Å²) in [6, 6.07) is 7.52. The minimum absolute atomic E-state index is 0.217. The zero-order valence-electron chi connectivity index (χ0n) is 7.81. The lowest BCUT2D eigenvalue weighted by Gasteiger charge is -2.07. The molecule has 0 unspecified atom stereocenters. The second-order valence-corrected chi connectivity index (χ2v) is 3.31. The second-order valence-electron chi connectivity index (χ2n) is 2.87. The van der Waals surface area contributed by atoms with Crippen LogP contribution in [0.3, 0.4) is 0 Å². The number of nitrogens with one attached hydrogen (secondary N) is 1. The van der Waals surface area contributed by atoms with Gasteiger partial charge in [0, 0.05) is 0 Å². The van der Waals surface area contributed by atoms with Gasteiger partial charge in [0.2, 0.25) is 5.89 Å². The van der Waals surface area contributed by atoms with Gasteiger partial charge in [0.05, 0.1) is 17.4 Å². The molecule has 0 saturated heterocycles. The van der Waals surface area contributed by atoms with E-state index in [1.54, 1.807) is 6.20 Å². The summed E-state index contributed by atoms with van der Waals surface area (Å²) in [6.07, 6.45) is 3.11. The number of hydrogen-bond acceptors (Lipinski definition) is 3. The predicted molar refractivity (Wildman–Crippen MR) is 62.3 cm³/mol. The monoisotopic (exact) mass is 219 g/mol. The zero-order valence-corrected chi connectivity index (χ0v) is 8.62. The van der Waals surface area contributed by atoms with E-state index in [1.807, 2.05) is 24.3 Å². The van der Waals surface area contributed by atoms with E-state index < -0.39 is 0 Å². The fourth-order valence-electron chi connectivity index (χ4n) is 1.27. The molecule has 0 aliphatic heterocycles. The molecule has 4 nitrogen and oxygen atoms in total. The van der Waals surface area contributed by atoms with Crippen LogP contribution in [-0.4, -0.2) is 10.1 Å². The Morgan fingerprint density at radius 1 is 1.40 bits per heavy atom. The molecule has 2 aromatic rings. The van der Waals surface area contributed by atoms with Crippen LogP contribution in [0.15, 0.2) is 41.1 Å². The highest BCUT2D eigenvalue weighted by molar-refractivity contribution is 7.80. The summed E-state index contributed by atoms with van der Waals surface area (Å²) in [7, 11) is 0. The molecule has 15 heavy (non-hydrogen) atoms. The molecular weight excluding hydrogens is 210 g/mol. The maximum Gasteiger partial charge on any atom is 0.227 e. The zero-order chi connectivity index (χ0) is 10.7. The van der Waals surface area contributed by atoms with E-state index in [-0.39, 0.29) is 5.11 Å². The standard InChI is InChI=1S/C10H9N3OS/c11-10(15)13-8-4-2-1-3-7(8)9-12-5-6-14-9/h1-6H,(H3,11,13,15). The topological polar surface area (TPSA) is 64.1 Å². The SMILES string of the molecule is NC(=S)Nc1ccccc1-c1ncco1. The predicted octanol–water partition coefficient (Wildman–Crippen LogP) is 2.00. The van der Waals surface area contributed by atoms with Gasteiger partial charge in [-0.3, -0.25) is 0 Å². The summed E-state index contributed by atoms with van der Waals surface area (Å²) in [6.45, 7) is 0. The number of nitrogens with two attached hydrogens (primary N) is 1. The Morgan fingerprint density at radius 3 is 2.87 bits per heavy atom. The van der Waals surface area contributed by atoms with E-state index in [9.17, 15) is 0 Å². The fourth-order valence-corrected chi connectivity index (χ4v) is 1.38. The highest BCUT2D eigenvalue weighted by Gasteiger charge is 2.07. The van der Waals surface area contributed by atoms with Crippen molar-refractivity contribution in [3.63, 3.8) is 0 Å². The van der Waals surface area contributed by atoms with Crippen LogP contribution in [0.5, 0.6) is 0 Å². The molecule has 5 heteroatoms. The third-order valence-corrected chi connectivity index (χ3v) is 1.95. The van der Waals surface area contributed by atoms with Gasteiger partial charge < -0.3 is 15.5 Å². The molecular formula is C10H9N3OS. The van der Waals surface area contributed by atoms with Crippen LogP contribution < -0.4 is 11.1 Å². The van der Waals surface area contributed by atoms with Gasteiger partial charge in [-0.1, -0.05) is 12.1 Å². The number of hydrogen-bond donors (Lipinski definition) is 2. The number of anilines is 1. The molecule has 1 heterocycles. The number of rotatable bonds is 2. The van der Waals surface area contributed by atoms with Crippen molar-refractivity contribution < 1.29 is 4.42 Å². The van der Waals surface area contributed by atoms with Gasteiger partial charge >= 0.3 is 0 Å².